The maximum Gasteiger partial charge on any atom is 0.429 e. The fourth-order valence-electron chi connectivity index (χ4n) is 4.51. The van der Waals surface area contributed by atoms with Crippen LogP contribution in [0.25, 0.3) is 11.1 Å². The fraction of sp³-hybridized carbons (Fsp3) is 0.286. The zero-order valence-corrected chi connectivity index (χ0v) is 20.0. The van der Waals surface area contributed by atoms with Crippen LogP contribution in [0.1, 0.15) is 47.6 Å². The zero-order valence-electron chi connectivity index (χ0n) is 20.0. The van der Waals surface area contributed by atoms with E-state index < -0.39 is 69.0 Å². The number of benzene rings is 3. The van der Waals surface area contributed by atoms with E-state index in [1.54, 1.807) is 6.92 Å². The number of hydrogen-bond acceptors (Lipinski definition) is 1. The molecule has 0 bridgehead atoms. The molecule has 0 radical (unpaired) electrons. The van der Waals surface area contributed by atoms with Gasteiger partial charge in [0.05, 0.1) is 11.1 Å². The third-order valence-corrected chi connectivity index (χ3v) is 6.40. The lowest BCUT2D eigenvalue weighted by Crippen LogP contribution is -2.42. The Labute approximate surface area is 212 Å². The number of ether oxygens (including phenoxy) is 1. The van der Waals surface area contributed by atoms with Crippen molar-refractivity contribution in [3.63, 3.8) is 0 Å². The molecule has 0 spiro atoms. The molecule has 0 saturated heterocycles. The number of halogens is 9. The second-order valence-electron chi connectivity index (χ2n) is 8.91. The van der Waals surface area contributed by atoms with Gasteiger partial charge in [0, 0.05) is 6.07 Å². The summed E-state index contributed by atoms with van der Waals surface area (Å²) < 4.78 is 139. The summed E-state index contributed by atoms with van der Waals surface area (Å²) in [6.07, 6.45) is -2.19. The van der Waals surface area contributed by atoms with Crippen molar-refractivity contribution in [3.05, 3.63) is 100 Å². The predicted octanol–water partition coefficient (Wildman–Crippen LogP) is 9.17. The van der Waals surface area contributed by atoms with Crippen molar-refractivity contribution in [2.24, 2.45) is 0 Å². The highest BCUT2D eigenvalue weighted by molar-refractivity contribution is 5.77. The molecule has 0 aromatic heterocycles. The third kappa shape index (κ3) is 4.33. The van der Waals surface area contributed by atoms with Gasteiger partial charge in [0.2, 0.25) is 0 Å². The average molecular weight is 544 g/mol. The number of alkyl halides is 6. The van der Waals surface area contributed by atoms with Gasteiger partial charge in [-0.2, -0.15) is 26.3 Å². The average Bonchev–Trinajstić information content (AvgIpc) is 2.83. The lowest BCUT2D eigenvalue weighted by Gasteiger charge is -2.36. The largest absolute Gasteiger partial charge is 0.429 e. The minimum Gasteiger partial charge on any atom is -0.429 e. The van der Waals surface area contributed by atoms with Crippen LogP contribution in [-0.4, -0.2) is 0 Å². The lowest BCUT2D eigenvalue weighted by molar-refractivity contribution is -0.228. The molecule has 38 heavy (non-hydrogen) atoms. The van der Waals surface area contributed by atoms with E-state index >= 15 is 22.0 Å². The number of fused-ring (bicyclic) bond motifs is 3. The molecule has 4 rings (SSSR count). The van der Waals surface area contributed by atoms with Gasteiger partial charge in [-0.1, -0.05) is 43.7 Å². The molecule has 3 aromatic carbocycles. The second kappa shape index (κ2) is 9.71. The van der Waals surface area contributed by atoms with Crippen LogP contribution in [-0.2, 0) is 30.8 Å². The molecular weight excluding hydrogens is 523 g/mol. The Morgan fingerprint density at radius 3 is 1.97 bits per heavy atom. The number of hydrogen-bond donors (Lipinski definition) is 0. The molecule has 0 aliphatic heterocycles. The van der Waals surface area contributed by atoms with Gasteiger partial charge in [0.25, 0.3) is 0 Å². The molecule has 0 N–H and O–H groups in total. The maximum atomic E-state index is 15.3. The molecule has 1 nitrogen and oxygen atoms in total. The van der Waals surface area contributed by atoms with Crippen molar-refractivity contribution in [3.8, 4) is 16.9 Å². The Morgan fingerprint density at radius 1 is 0.816 bits per heavy atom. The molecule has 0 atom stereocenters. The van der Waals surface area contributed by atoms with Crippen LogP contribution in [0.5, 0.6) is 5.75 Å². The first-order valence-corrected chi connectivity index (χ1v) is 11.6. The van der Waals surface area contributed by atoms with Crippen LogP contribution < -0.4 is 4.74 Å². The van der Waals surface area contributed by atoms with Gasteiger partial charge in [-0.15, -0.1) is 6.58 Å². The molecule has 1 aliphatic carbocycles. The first-order valence-electron chi connectivity index (χ1n) is 11.6. The fourth-order valence-corrected chi connectivity index (χ4v) is 4.51. The zero-order chi connectivity index (χ0) is 28.0. The lowest BCUT2D eigenvalue weighted by atomic mass is 9.78. The van der Waals surface area contributed by atoms with Crippen LogP contribution in [0, 0.1) is 17.5 Å². The molecule has 1 aliphatic rings. The van der Waals surface area contributed by atoms with Crippen molar-refractivity contribution in [2.75, 3.05) is 0 Å². The summed E-state index contributed by atoms with van der Waals surface area (Å²) in [5.41, 5.74) is -7.06. The van der Waals surface area contributed by atoms with Crippen LogP contribution in [0.15, 0.2) is 55.1 Å². The number of allylic oxidation sites excluding steroid dienone is 1. The summed E-state index contributed by atoms with van der Waals surface area (Å²) in [4.78, 5) is 0. The molecule has 0 fully saturated rings. The van der Waals surface area contributed by atoms with Gasteiger partial charge >= 0.3 is 18.0 Å². The molecule has 10 heteroatoms. The van der Waals surface area contributed by atoms with Gasteiger partial charge in [-0.3, -0.25) is 0 Å². The van der Waals surface area contributed by atoms with Gasteiger partial charge in [-0.05, 0) is 53.6 Å². The number of aryl methyl sites for hydroxylation is 2. The van der Waals surface area contributed by atoms with E-state index in [2.05, 4.69) is 11.3 Å². The minimum atomic E-state index is -5.38. The third-order valence-electron chi connectivity index (χ3n) is 6.40. The van der Waals surface area contributed by atoms with E-state index in [1.165, 1.54) is 6.08 Å². The monoisotopic (exact) mass is 544 g/mol. The van der Waals surface area contributed by atoms with Gasteiger partial charge in [-0.25, -0.2) is 13.2 Å². The topological polar surface area (TPSA) is 9.23 Å². The summed E-state index contributed by atoms with van der Waals surface area (Å²) in [7, 11) is 0. The summed E-state index contributed by atoms with van der Waals surface area (Å²) in [6.45, 7) is 5.12. The maximum absolute atomic E-state index is 15.3. The van der Waals surface area contributed by atoms with Crippen LogP contribution in [0.4, 0.5) is 39.5 Å². The molecule has 0 amide bonds. The molecule has 0 heterocycles. The van der Waals surface area contributed by atoms with E-state index in [9.17, 15) is 17.6 Å². The van der Waals surface area contributed by atoms with Gasteiger partial charge in [0.15, 0.2) is 0 Å². The van der Waals surface area contributed by atoms with Crippen molar-refractivity contribution in [2.45, 2.75) is 50.6 Å². The van der Waals surface area contributed by atoms with Crippen molar-refractivity contribution in [1.29, 1.82) is 0 Å². The molecule has 0 saturated carbocycles. The second-order valence-corrected chi connectivity index (χ2v) is 8.91. The Hall–Kier alpha value is -3.43. The molecular formula is C28H21F9O. The smallest absolute Gasteiger partial charge is 0.429 e. The number of rotatable bonds is 8. The molecule has 3 aromatic rings. The summed E-state index contributed by atoms with van der Waals surface area (Å²) in [5, 5.41) is 0. The van der Waals surface area contributed by atoms with Crippen molar-refractivity contribution < 1.29 is 44.3 Å². The summed E-state index contributed by atoms with van der Waals surface area (Å²) in [6, 6.07) is 5.77. The Balaban J connectivity index is 1.81. The standard InChI is InChI=1S/C28H21F9O/c1-3-5-7-15-8-10-17(14-21(15)29)38-28(36,37)20-13-12-19-18-11-9-16(6-4-2)24(30)22(18)26(32,33)27(34,35)23(19)25(20)31/h3,8-14H,1,4-7H2,2H3. The highest BCUT2D eigenvalue weighted by Gasteiger charge is 2.66. The Morgan fingerprint density at radius 2 is 1.39 bits per heavy atom. The van der Waals surface area contributed by atoms with E-state index in [-0.39, 0.29) is 24.0 Å². The minimum absolute atomic E-state index is 0.0136. The van der Waals surface area contributed by atoms with E-state index in [0.29, 0.717) is 31.0 Å². The van der Waals surface area contributed by atoms with E-state index in [4.69, 9.17) is 0 Å². The van der Waals surface area contributed by atoms with Crippen molar-refractivity contribution in [1.82, 2.24) is 0 Å². The molecule has 0 unspecified atom stereocenters. The first-order chi connectivity index (χ1) is 17.8. The van der Waals surface area contributed by atoms with Crippen molar-refractivity contribution >= 4 is 0 Å². The highest BCUT2D eigenvalue weighted by Crippen LogP contribution is 2.60. The summed E-state index contributed by atoms with van der Waals surface area (Å²) >= 11 is 0. The predicted molar refractivity (Wildman–Crippen MR) is 123 cm³/mol. The highest BCUT2D eigenvalue weighted by atomic mass is 19.3. The van der Waals surface area contributed by atoms with Gasteiger partial charge in [0.1, 0.15) is 28.8 Å². The quantitative estimate of drug-likeness (QED) is 0.203. The first kappa shape index (κ1) is 27.6. The van der Waals surface area contributed by atoms with Crippen LogP contribution in [0.2, 0.25) is 0 Å². The molecule has 202 valence electrons. The Kier molecular flexibility index (Phi) is 7.05. The normalized spacial score (nSPS) is 15.5. The van der Waals surface area contributed by atoms with Crippen LogP contribution in [0.3, 0.4) is 0 Å². The van der Waals surface area contributed by atoms with Crippen LogP contribution >= 0.6 is 0 Å². The SMILES string of the molecule is C=CCCc1ccc(OC(F)(F)c2ccc3c(c2F)C(F)(F)C(F)(F)c2c-3ccc(CCC)c2F)cc1F. The summed E-state index contributed by atoms with van der Waals surface area (Å²) in [5.74, 6) is -16.2. The van der Waals surface area contributed by atoms with E-state index in [0.717, 1.165) is 24.3 Å². The van der Waals surface area contributed by atoms with E-state index in [1.807, 2.05) is 0 Å². The Bertz CT molecular complexity index is 1400. The van der Waals surface area contributed by atoms with Gasteiger partial charge < -0.3 is 4.74 Å².